The zero-order valence-corrected chi connectivity index (χ0v) is 13.0. The van der Waals surface area contributed by atoms with Gasteiger partial charge in [-0.3, -0.25) is 4.79 Å². The third kappa shape index (κ3) is 6.03. The normalized spacial score (nSPS) is 10.2. The van der Waals surface area contributed by atoms with Gasteiger partial charge in [0.25, 0.3) is 5.91 Å². The molecule has 1 aromatic rings. The Hall–Kier alpha value is -1.14. The number of nitrogens with one attached hydrogen (secondary N) is 2. The van der Waals surface area contributed by atoms with Gasteiger partial charge in [-0.25, -0.2) is 4.79 Å². The van der Waals surface area contributed by atoms with Gasteiger partial charge in [0.2, 0.25) is 6.10 Å². The van der Waals surface area contributed by atoms with Crippen molar-refractivity contribution in [3.63, 3.8) is 0 Å². The number of ether oxygens (including phenoxy) is 1. The summed E-state index contributed by atoms with van der Waals surface area (Å²) in [5, 5.41) is 13.8. The fraction of sp³-hybridized carbons (Fsp3) is 0.333. The number of benzene rings is 1. The summed E-state index contributed by atoms with van der Waals surface area (Å²) in [6.45, 7) is 0. The molecule has 1 radical (unpaired) electrons. The maximum atomic E-state index is 11.6. The van der Waals surface area contributed by atoms with E-state index in [0.717, 1.165) is 0 Å². The number of rotatable bonds is 3. The number of amides is 2. The third-order valence-corrected chi connectivity index (χ3v) is 2.11. The number of aromatic hydroxyl groups is 1. The van der Waals surface area contributed by atoms with Gasteiger partial charge in [-0.05, 0) is 12.1 Å². The van der Waals surface area contributed by atoms with Gasteiger partial charge in [-0.1, -0.05) is 19.6 Å². The van der Waals surface area contributed by atoms with Crippen molar-refractivity contribution in [1.29, 1.82) is 0 Å². The standard InChI is InChI=1S/C11H14N2O4.CH4.Y/c1-12-10(15)9(17-11(16)13-2)7-3-5-8(14)6-4-7;;/h3-6,9,14H,1-2H3,(H,12,15)(H,13,16);1H4;. The number of likely N-dealkylation sites (N-methyl/N-ethyl adjacent to an activating group) is 1. The minimum atomic E-state index is -1.04. The van der Waals surface area contributed by atoms with Crippen molar-refractivity contribution in [2.45, 2.75) is 13.5 Å². The van der Waals surface area contributed by atoms with E-state index in [1.807, 2.05) is 0 Å². The summed E-state index contributed by atoms with van der Waals surface area (Å²) in [5.74, 6) is -0.372. The molecule has 0 fully saturated rings. The molecule has 0 heterocycles. The Balaban J connectivity index is 0. The molecule has 2 amide bonds. The molecule has 3 N–H and O–H groups in total. The van der Waals surface area contributed by atoms with Crippen molar-refractivity contribution in [2.24, 2.45) is 0 Å². The van der Waals surface area contributed by atoms with Gasteiger partial charge in [-0.2, -0.15) is 0 Å². The Morgan fingerprint density at radius 2 is 1.68 bits per heavy atom. The first kappa shape index (κ1) is 20.2. The Morgan fingerprint density at radius 3 is 2.11 bits per heavy atom. The number of alkyl carbamates (subject to hydrolysis) is 1. The second-order valence-corrected chi connectivity index (χ2v) is 3.24. The summed E-state index contributed by atoms with van der Waals surface area (Å²) in [4.78, 5) is 22.7. The van der Waals surface area contributed by atoms with Gasteiger partial charge in [-0.15, -0.1) is 0 Å². The number of phenolic OH excluding ortho intramolecular Hbond substituents is 1. The van der Waals surface area contributed by atoms with E-state index >= 15 is 0 Å². The summed E-state index contributed by atoms with van der Waals surface area (Å²) in [7, 11) is 2.85. The van der Waals surface area contributed by atoms with E-state index in [1.54, 1.807) is 0 Å². The van der Waals surface area contributed by atoms with Crippen LogP contribution in [-0.2, 0) is 42.2 Å². The molecule has 0 aliphatic carbocycles. The van der Waals surface area contributed by atoms with E-state index in [1.165, 1.54) is 38.4 Å². The summed E-state index contributed by atoms with van der Waals surface area (Å²) < 4.78 is 4.93. The number of hydrogen-bond acceptors (Lipinski definition) is 4. The van der Waals surface area contributed by atoms with Crippen molar-refractivity contribution in [2.75, 3.05) is 14.1 Å². The first-order valence-electron chi connectivity index (χ1n) is 4.97. The molecule has 0 bridgehead atoms. The Morgan fingerprint density at radius 1 is 1.16 bits per heavy atom. The van der Waals surface area contributed by atoms with Crippen molar-refractivity contribution in [3.05, 3.63) is 29.8 Å². The van der Waals surface area contributed by atoms with Crippen LogP contribution < -0.4 is 10.6 Å². The SMILES string of the molecule is C.CNC(=O)OC(C(=O)NC)c1ccc(O)cc1.[Y]. The maximum Gasteiger partial charge on any atom is 0.408 e. The van der Waals surface area contributed by atoms with E-state index in [0.29, 0.717) is 5.56 Å². The van der Waals surface area contributed by atoms with Crippen molar-refractivity contribution in [3.8, 4) is 5.75 Å². The van der Waals surface area contributed by atoms with Gasteiger partial charge in [0.1, 0.15) is 5.75 Å². The molecular formula is C12H18N2O4Y. The monoisotopic (exact) mass is 343 g/mol. The predicted octanol–water partition coefficient (Wildman–Crippen LogP) is 1.17. The van der Waals surface area contributed by atoms with Crippen molar-refractivity contribution >= 4 is 12.0 Å². The number of phenols is 1. The summed E-state index contributed by atoms with van der Waals surface area (Å²) >= 11 is 0. The fourth-order valence-electron chi connectivity index (χ4n) is 1.22. The van der Waals surface area contributed by atoms with Gasteiger partial charge in [0.15, 0.2) is 0 Å². The molecule has 0 saturated heterocycles. The molecule has 1 atom stereocenters. The maximum absolute atomic E-state index is 11.6. The Labute approximate surface area is 137 Å². The fourth-order valence-corrected chi connectivity index (χ4v) is 1.22. The van der Waals surface area contributed by atoms with Crippen LogP contribution in [0.1, 0.15) is 19.1 Å². The third-order valence-electron chi connectivity index (χ3n) is 2.11. The number of carbonyl (C=O) groups excluding carboxylic acids is 2. The molecule has 0 aliphatic rings. The first-order chi connectivity index (χ1) is 8.08. The van der Waals surface area contributed by atoms with E-state index < -0.39 is 18.1 Å². The van der Waals surface area contributed by atoms with Crippen LogP contribution in [0.5, 0.6) is 5.75 Å². The molecule has 0 aromatic heterocycles. The van der Waals surface area contributed by atoms with Gasteiger partial charge < -0.3 is 20.5 Å². The summed E-state index contributed by atoms with van der Waals surface area (Å²) in [6.07, 6.45) is -1.74. The summed E-state index contributed by atoms with van der Waals surface area (Å²) in [5.41, 5.74) is 0.478. The van der Waals surface area contributed by atoms with E-state index in [2.05, 4.69) is 10.6 Å². The van der Waals surface area contributed by atoms with Crippen LogP contribution in [-0.4, -0.2) is 31.2 Å². The van der Waals surface area contributed by atoms with Crippen molar-refractivity contribution < 1.29 is 52.1 Å². The molecule has 0 aliphatic heterocycles. The molecule has 0 saturated carbocycles. The van der Waals surface area contributed by atoms with Gasteiger partial charge in [0.05, 0.1) is 0 Å². The van der Waals surface area contributed by atoms with Crippen LogP contribution in [0.4, 0.5) is 4.79 Å². The first-order valence-corrected chi connectivity index (χ1v) is 4.97. The van der Waals surface area contributed by atoms with Crippen LogP contribution in [0, 0.1) is 0 Å². The molecular weight excluding hydrogens is 325 g/mol. The predicted molar refractivity (Wildman–Crippen MR) is 67.2 cm³/mol. The average Bonchev–Trinajstić information content (AvgIpc) is 2.36. The molecule has 103 valence electrons. The van der Waals surface area contributed by atoms with E-state index in [4.69, 9.17) is 9.84 Å². The molecule has 1 unspecified atom stereocenters. The van der Waals surface area contributed by atoms with Crippen LogP contribution in [0.2, 0.25) is 0 Å². The summed E-state index contributed by atoms with van der Waals surface area (Å²) in [6, 6.07) is 5.85. The van der Waals surface area contributed by atoms with Crippen molar-refractivity contribution in [1.82, 2.24) is 10.6 Å². The number of hydrogen-bond donors (Lipinski definition) is 3. The van der Waals surface area contributed by atoms with E-state index in [-0.39, 0.29) is 45.9 Å². The number of carbonyl (C=O) groups is 2. The molecule has 19 heavy (non-hydrogen) atoms. The zero-order chi connectivity index (χ0) is 12.8. The average molecular weight is 343 g/mol. The van der Waals surface area contributed by atoms with Gasteiger partial charge >= 0.3 is 6.09 Å². The van der Waals surface area contributed by atoms with Crippen LogP contribution in [0.3, 0.4) is 0 Å². The largest absolute Gasteiger partial charge is 0.508 e. The minimum Gasteiger partial charge on any atom is -0.508 e. The second-order valence-electron chi connectivity index (χ2n) is 3.24. The molecule has 1 aromatic carbocycles. The molecule has 1 rings (SSSR count). The second kappa shape index (κ2) is 9.75. The minimum absolute atomic E-state index is 0. The topological polar surface area (TPSA) is 87.7 Å². The molecule has 0 spiro atoms. The Kier molecular flexibility index (Phi) is 10.4. The van der Waals surface area contributed by atoms with E-state index in [9.17, 15) is 9.59 Å². The van der Waals surface area contributed by atoms with Crippen LogP contribution in [0.15, 0.2) is 24.3 Å². The van der Waals surface area contributed by atoms with Crippen LogP contribution in [0.25, 0.3) is 0 Å². The quantitative estimate of drug-likeness (QED) is 0.769. The molecule has 6 nitrogen and oxygen atoms in total. The smallest absolute Gasteiger partial charge is 0.408 e. The van der Waals surface area contributed by atoms with Gasteiger partial charge in [0, 0.05) is 52.4 Å². The van der Waals surface area contributed by atoms with Crippen LogP contribution >= 0.6 is 0 Å². The molecule has 7 heteroatoms. The Bertz CT molecular complexity index is 409. The zero-order valence-electron chi connectivity index (χ0n) is 10.1.